The molecule has 0 spiro atoms. The van der Waals surface area contributed by atoms with Gasteiger partial charge in [0.25, 0.3) is 0 Å². The van der Waals surface area contributed by atoms with Crippen LogP contribution < -0.4 is 0 Å². The second-order valence-corrected chi connectivity index (χ2v) is 10.0. The summed E-state index contributed by atoms with van der Waals surface area (Å²) in [4.78, 5) is 17.6. The van der Waals surface area contributed by atoms with Crippen molar-refractivity contribution >= 4 is 45.4 Å². The lowest BCUT2D eigenvalue weighted by Gasteiger charge is -2.10. The molecule has 186 valence electrons. The van der Waals surface area contributed by atoms with Gasteiger partial charge in [-0.25, -0.2) is 9.97 Å². The van der Waals surface area contributed by atoms with Crippen LogP contribution in [0.15, 0.2) is 36.4 Å². The van der Waals surface area contributed by atoms with Crippen LogP contribution in [0.25, 0.3) is 45.4 Å². The summed E-state index contributed by atoms with van der Waals surface area (Å²) >= 11 is 0. The van der Waals surface area contributed by atoms with Crippen molar-refractivity contribution in [2.75, 3.05) is 0 Å². The molecule has 36 heavy (non-hydrogen) atoms. The topological polar surface area (TPSA) is 57.4 Å². The summed E-state index contributed by atoms with van der Waals surface area (Å²) in [5.74, 6) is 0. The molecule has 0 atom stereocenters. The third-order valence-electron chi connectivity index (χ3n) is 7.03. The second-order valence-electron chi connectivity index (χ2n) is 10.0. The Morgan fingerprint density at radius 1 is 0.611 bits per heavy atom. The number of H-pyrrole nitrogens is 2. The minimum atomic E-state index is 0.963. The van der Waals surface area contributed by atoms with Crippen LogP contribution in [0.2, 0.25) is 0 Å². The number of hydrogen-bond acceptors (Lipinski definition) is 2. The summed E-state index contributed by atoms with van der Waals surface area (Å²) in [5, 5.41) is 0. The van der Waals surface area contributed by atoms with E-state index in [1.54, 1.807) is 0 Å². The standard InChI is InChI=1S/C32H38N4/c1-5-9-21-17-26-19-24-14-13-22(33-24)18-23-15-16-25(34-23)20-30-27(10-6-2)28(11-7-3)32(36-30)29(12-8-4)31(21)35-26/h13-20,33,35H,5-12H2,1-4H3. The van der Waals surface area contributed by atoms with Gasteiger partial charge in [0.2, 0.25) is 0 Å². The van der Waals surface area contributed by atoms with Crippen LogP contribution in [0, 0.1) is 0 Å². The summed E-state index contributed by atoms with van der Waals surface area (Å²) in [5.41, 5.74) is 14.4. The molecule has 0 aliphatic carbocycles. The number of nitrogens with zero attached hydrogens (tertiary/aromatic N) is 2. The van der Waals surface area contributed by atoms with Crippen LogP contribution in [0.5, 0.6) is 0 Å². The van der Waals surface area contributed by atoms with Gasteiger partial charge in [0.05, 0.1) is 22.8 Å². The maximum Gasteiger partial charge on any atom is 0.0725 e. The lowest BCUT2D eigenvalue weighted by molar-refractivity contribution is 0.899. The van der Waals surface area contributed by atoms with Gasteiger partial charge in [-0.15, -0.1) is 0 Å². The highest BCUT2D eigenvalue weighted by atomic mass is 14.8. The zero-order valence-electron chi connectivity index (χ0n) is 22.2. The number of nitrogens with one attached hydrogen (secondary N) is 2. The number of hydrogen-bond donors (Lipinski definition) is 2. The maximum atomic E-state index is 5.38. The molecule has 2 aliphatic heterocycles. The normalized spacial score (nSPS) is 13.1. The Morgan fingerprint density at radius 3 is 2.00 bits per heavy atom. The molecule has 0 fully saturated rings. The van der Waals surface area contributed by atoms with Crippen molar-refractivity contribution in [3.63, 3.8) is 0 Å². The molecule has 0 aromatic carbocycles. The minimum Gasteiger partial charge on any atom is -0.355 e. The zero-order valence-corrected chi connectivity index (χ0v) is 22.2. The van der Waals surface area contributed by atoms with Gasteiger partial charge < -0.3 is 9.97 Å². The second kappa shape index (κ2) is 10.7. The predicted octanol–water partition coefficient (Wildman–Crippen LogP) is 8.90. The van der Waals surface area contributed by atoms with Crippen molar-refractivity contribution in [1.82, 2.24) is 19.9 Å². The molecular formula is C32H38N4. The van der Waals surface area contributed by atoms with Crippen LogP contribution >= 0.6 is 0 Å². The molecular weight excluding hydrogens is 440 g/mol. The van der Waals surface area contributed by atoms with Gasteiger partial charge >= 0.3 is 0 Å². The molecule has 5 rings (SSSR count). The highest BCUT2D eigenvalue weighted by Gasteiger charge is 2.23. The first-order valence-electron chi connectivity index (χ1n) is 13.8. The van der Waals surface area contributed by atoms with E-state index in [4.69, 9.17) is 9.97 Å². The Hall–Kier alpha value is -3.40. The maximum absolute atomic E-state index is 5.38. The van der Waals surface area contributed by atoms with E-state index in [9.17, 15) is 0 Å². The molecule has 4 heteroatoms. The van der Waals surface area contributed by atoms with E-state index in [-0.39, 0.29) is 0 Å². The SMILES string of the molecule is CCCC1=C(CCC)c2nc1cc1nc(cc3ccc(cc4cc(CCC)c([nH]4)c2CCC)[nH]3)C=C1. The molecule has 2 N–H and O–H groups in total. The predicted molar refractivity (Wildman–Crippen MR) is 155 cm³/mol. The first-order chi connectivity index (χ1) is 17.6. The largest absolute Gasteiger partial charge is 0.355 e. The van der Waals surface area contributed by atoms with Gasteiger partial charge in [0, 0.05) is 27.6 Å². The first-order valence-corrected chi connectivity index (χ1v) is 13.8. The van der Waals surface area contributed by atoms with Crippen molar-refractivity contribution in [3.8, 4) is 0 Å². The highest BCUT2D eigenvalue weighted by molar-refractivity contribution is 5.95. The van der Waals surface area contributed by atoms with Crippen LogP contribution in [-0.4, -0.2) is 19.9 Å². The average Bonchev–Trinajstić information content (AvgIpc) is 3.64. The average molecular weight is 479 g/mol. The van der Waals surface area contributed by atoms with Crippen molar-refractivity contribution in [3.05, 3.63) is 70.3 Å². The number of aromatic nitrogens is 4. The smallest absolute Gasteiger partial charge is 0.0725 e. The molecule has 3 aromatic rings. The highest BCUT2D eigenvalue weighted by Crippen LogP contribution is 2.39. The molecule has 0 amide bonds. The molecule has 0 unspecified atom stereocenters. The van der Waals surface area contributed by atoms with Gasteiger partial charge in [0.15, 0.2) is 0 Å². The van der Waals surface area contributed by atoms with Crippen molar-refractivity contribution in [2.24, 2.45) is 0 Å². The molecule has 0 saturated carbocycles. The Morgan fingerprint density at radius 2 is 1.28 bits per heavy atom. The molecule has 4 nitrogen and oxygen atoms in total. The number of aryl methyl sites for hydroxylation is 2. The Kier molecular flexibility index (Phi) is 7.22. The molecule has 3 aromatic heterocycles. The lowest BCUT2D eigenvalue weighted by Crippen LogP contribution is -1.96. The number of aromatic amines is 2. The van der Waals surface area contributed by atoms with Crippen LogP contribution in [-0.2, 0) is 12.8 Å². The van der Waals surface area contributed by atoms with Gasteiger partial charge in [-0.2, -0.15) is 0 Å². The van der Waals surface area contributed by atoms with E-state index in [0.29, 0.717) is 0 Å². The van der Waals surface area contributed by atoms with Gasteiger partial charge in [0.1, 0.15) is 0 Å². The van der Waals surface area contributed by atoms with Crippen LogP contribution in [0.4, 0.5) is 0 Å². The fraction of sp³-hybridized carbons (Fsp3) is 0.375. The van der Waals surface area contributed by atoms with Crippen LogP contribution in [0.3, 0.4) is 0 Å². The number of rotatable bonds is 8. The fourth-order valence-corrected chi connectivity index (χ4v) is 5.54. The van der Waals surface area contributed by atoms with E-state index < -0.39 is 0 Å². The molecule has 0 radical (unpaired) electrons. The van der Waals surface area contributed by atoms with Crippen molar-refractivity contribution in [1.29, 1.82) is 0 Å². The minimum absolute atomic E-state index is 0.963. The summed E-state index contributed by atoms with van der Waals surface area (Å²) in [7, 11) is 0. The van der Waals surface area contributed by atoms with E-state index >= 15 is 0 Å². The molecule has 5 heterocycles. The van der Waals surface area contributed by atoms with E-state index in [0.717, 1.165) is 85.0 Å². The molecule has 8 bridgehead atoms. The van der Waals surface area contributed by atoms with Crippen molar-refractivity contribution in [2.45, 2.75) is 79.1 Å². The molecule has 2 aliphatic rings. The molecule has 0 saturated heterocycles. The number of allylic oxidation sites excluding steroid dienone is 2. The third-order valence-corrected chi connectivity index (χ3v) is 7.03. The van der Waals surface area contributed by atoms with Gasteiger partial charge in [-0.05, 0) is 90.9 Å². The van der Waals surface area contributed by atoms with E-state index in [1.807, 2.05) is 0 Å². The number of fused-ring (bicyclic) bond motifs is 8. The third kappa shape index (κ3) is 4.82. The summed E-state index contributed by atoms with van der Waals surface area (Å²) < 4.78 is 0. The summed E-state index contributed by atoms with van der Waals surface area (Å²) in [6, 6.07) is 13.1. The lowest BCUT2D eigenvalue weighted by atomic mass is 9.93. The van der Waals surface area contributed by atoms with E-state index in [2.05, 4.69) is 86.2 Å². The van der Waals surface area contributed by atoms with E-state index in [1.165, 1.54) is 33.5 Å². The quantitative estimate of drug-likeness (QED) is 0.266. The zero-order chi connectivity index (χ0) is 25.1. The summed E-state index contributed by atoms with van der Waals surface area (Å²) in [6.45, 7) is 9.08. The summed E-state index contributed by atoms with van der Waals surface area (Å²) in [6.07, 6.45) is 12.8. The monoisotopic (exact) mass is 478 g/mol. The van der Waals surface area contributed by atoms with Crippen LogP contribution in [0.1, 0.15) is 100 Å². The Labute approximate surface area is 214 Å². The Balaban J connectivity index is 1.93. The Bertz CT molecular complexity index is 1480. The van der Waals surface area contributed by atoms with Gasteiger partial charge in [-0.1, -0.05) is 53.4 Å². The van der Waals surface area contributed by atoms with Crippen molar-refractivity contribution < 1.29 is 0 Å². The first kappa shape index (κ1) is 24.3. The van der Waals surface area contributed by atoms with Gasteiger partial charge in [-0.3, -0.25) is 0 Å². The fourth-order valence-electron chi connectivity index (χ4n) is 5.54.